The van der Waals surface area contributed by atoms with Gasteiger partial charge in [0.2, 0.25) is 5.91 Å². The summed E-state index contributed by atoms with van der Waals surface area (Å²) in [5, 5.41) is 12.1. The quantitative estimate of drug-likeness (QED) is 0.868. The van der Waals surface area contributed by atoms with E-state index in [9.17, 15) is 9.90 Å². The highest BCUT2D eigenvalue weighted by Gasteiger charge is 2.17. The number of carbonyl (C=O) groups is 1. The van der Waals surface area contributed by atoms with Crippen LogP contribution < -0.4 is 5.32 Å². The smallest absolute Gasteiger partial charge is 0.224 e. The summed E-state index contributed by atoms with van der Waals surface area (Å²) < 4.78 is 0. The van der Waals surface area contributed by atoms with E-state index < -0.39 is 0 Å². The van der Waals surface area contributed by atoms with Gasteiger partial charge in [0.25, 0.3) is 0 Å². The van der Waals surface area contributed by atoms with Crippen molar-refractivity contribution in [3.63, 3.8) is 0 Å². The van der Waals surface area contributed by atoms with Gasteiger partial charge in [-0.1, -0.05) is 6.07 Å². The Bertz CT molecular complexity index is 389. The fourth-order valence-corrected chi connectivity index (χ4v) is 3.21. The molecule has 92 valence electrons. The number of thioether (sulfide) groups is 1. The second-order valence-electron chi connectivity index (χ2n) is 4.36. The van der Waals surface area contributed by atoms with Gasteiger partial charge in [0.15, 0.2) is 0 Å². The van der Waals surface area contributed by atoms with E-state index in [1.807, 2.05) is 11.8 Å². The van der Waals surface area contributed by atoms with Crippen LogP contribution in [0.1, 0.15) is 19.3 Å². The molecule has 1 fully saturated rings. The SMILES string of the molecule is O=C(CC1CCSCC1)Nc1cccc(O)c1. The average Bonchev–Trinajstić information content (AvgIpc) is 2.30. The molecule has 1 aromatic rings. The summed E-state index contributed by atoms with van der Waals surface area (Å²) in [7, 11) is 0. The van der Waals surface area contributed by atoms with Gasteiger partial charge in [-0.15, -0.1) is 0 Å². The van der Waals surface area contributed by atoms with Crippen molar-refractivity contribution in [2.45, 2.75) is 19.3 Å². The number of aromatic hydroxyl groups is 1. The Kier molecular flexibility index (Phi) is 4.31. The molecule has 2 rings (SSSR count). The molecule has 4 heteroatoms. The zero-order valence-electron chi connectivity index (χ0n) is 9.69. The second-order valence-corrected chi connectivity index (χ2v) is 5.58. The lowest BCUT2D eigenvalue weighted by Crippen LogP contribution is -2.19. The van der Waals surface area contributed by atoms with E-state index >= 15 is 0 Å². The molecule has 1 aliphatic heterocycles. The molecule has 2 N–H and O–H groups in total. The Labute approximate surface area is 106 Å². The van der Waals surface area contributed by atoms with Crippen LogP contribution in [0.15, 0.2) is 24.3 Å². The molecule has 1 saturated heterocycles. The van der Waals surface area contributed by atoms with Crippen molar-refractivity contribution < 1.29 is 9.90 Å². The first-order valence-electron chi connectivity index (χ1n) is 5.90. The lowest BCUT2D eigenvalue weighted by molar-refractivity contribution is -0.117. The molecular formula is C13H17NO2S. The number of carbonyl (C=O) groups excluding carboxylic acids is 1. The molecule has 0 radical (unpaired) electrons. The Morgan fingerprint density at radius 2 is 2.18 bits per heavy atom. The van der Waals surface area contributed by atoms with E-state index in [1.54, 1.807) is 24.3 Å². The molecule has 3 nitrogen and oxygen atoms in total. The predicted octanol–water partition coefficient (Wildman–Crippen LogP) is 2.86. The zero-order valence-corrected chi connectivity index (χ0v) is 10.5. The van der Waals surface area contributed by atoms with Crippen LogP contribution >= 0.6 is 11.8 Å². The standard InChI is InChI=1S/C13H17NO2S/c15-12-3-1-2-11(9-12)14-13(16)8-10-4-6-17-7-5-10/h1-3,9-10,15H,4-8H2,(H,14,16). The topological polar surface area (TPSA) is 49.3 Å². The van der Waals surface area contributed by atoms with Gasteiger partial charge in [-0.3, -0.25) is 4.79 Å². The van der Waals surface area contributed by atoms with Crippen molar-refractivity contribution in [3.05, 3.63) is 24.3 Å². The van der Waals surface area contributed by atoms with Crippen LogP contribution in [0.2, 0.25) is 0 Å². The molecular weight excluding hydrogens is 234 g/mol. The van der Waals surface area contributed by atoms with Crippen LogP contribution in [0.4, 0.5) is 5.69 Å². The zero-order chi connectivity index (χ0) is 12.1. The van der Waals surface area contributed by atoms with Crippen LogP contribution in [0.3, 0.4) is 0 Å². The highest BCUT2D eigenvalue weighted by Crippen LogP contribution is 2.25. The van der Waals surface area contributed by atoms with Crippen LogP contribution in [0.5, 0.6) is 5.75 Å². The van der Waals surface area contributed by atoms with Crippen molar-refractivity contribution >= 4 is 23.4 Å². The fraction of sp³-hybridized carbons (Fsp3) is 0.462. The number of phenols is 1. The molecule has 0 bridgehead atoms. The number of hydrogen-bond acceptors (Lipinski definition) is 3. The van der Waals surface area contributed by atoms with Crippen LogP contribution in [-0.4, -0.2) is 22.5 Å². The van der Waals surface area contributed by atoms with Gasteiger partial charge in [-0.25, -0.2) is 0 Å². The van der Waals surface area contributed by atoms with Crippen molar-refractivity contribution in [3.8, 4) is 5.75 Å². The molecule has 1 amide bonds. The number of nitrogens with one attached hydrogen (secondary N) is 1. The normalized spacial score (nSPS) is 16.7. The maximum atomic E-state index is 11.8. The maximum absolute atomic E-state index is 11.8. The Morgan fingerprint density at radius 1 is 1.41 bits per heavy atom. The summed E-state index contributed by atoms with van der Waals surface area (Å²) in [6, 6.07) is 6.67. The maximum Gasteiger partial charge on any atom is 0.224 e. The van der Waals surface area contributed by atoms with E-state index in [2.05, 4.69) is 5.32 Å². The monoisotopic (exact) mass is 251 g/mol. The second kappa shape index (κ2) is 5.96. The number of hydrogen-bond donors (Lipinski definition) is 2. The molecule has 17 heavy (non-hydrogen) atoms. The van der Waals surface area contributed by atoms with Gasteiger partial charge < -0.3 is 10.4 Å². The minimum Gasteiger partial charge on any atom is -0.508 e. The number of benzene rings is 1. The molecule has 0 spiro atoms. The first kappa shape index (κ1) is 12.3. The van der Waals surface area contributed by atoms with Crippen molar-refractivity contribution in [2.75, 3.05) is 16.8 Å². The van der Waals surface area contributed by atoms with E-state index in [1.165, 1.54) is 11.5 Å². The van der Waals surface area contributed by atoms with Crippen molar-refractivity contribution in [1.82, 2.24) is 0 Å². The molecule has 1 heterocycles. The van der Waals surface area contributed by atoms with Gasteiger partial charge in [0.1, 0.15) is 5.75 Å². The van der Waals surface area contributed by atoms with Gasteiger partial charge in [-0.05, 0) is 42.4 Å². The summed E-state index contributed by atoms with van der Waals surface area (Å²) in [5.41, 5.74) is 0.667. The lowest BCUT2D eigenvalue weighted by Gasteiger charge is -2.20. The Morgan fingerprint density at radius 3 is 2.88 bits per heavy atom. The third-order valence-electron chi connectivity index (χ3n) is 2.94. The number of amides is 1. The summed E-state index contributed by atoms with van der Waals surface area (Å²) in [5.74, 6) is 3.09. The summed E-state index contributed by atoms with van der Waals surface area (Å²) >= 11 is 1.97. The van der Waals surface area contributed by atoms with E-state index in [0.717, 1.165) is 12.8 Å². The van der Waals surface area contributed by atoms with E-state index in [0.29, 0.717) is 18.0 Å². The third kappa shape index (κ3) is 3.97. The Balaban J connectivity index is 1.84. The minimum atomic E-state index is 0.0486. The van der Waals surface area contributed by atoms with E-state index in [-0.39, 0.29) is 11.7 Å². The first-order chi connectivity index (χ1) is 8.24. The molecule has 0 saturated carbocycles. The lowest BCUT2D eigenvalue weighted by atomic mass is 9.98. The number of anilines is 1. The van der Waals surface area contributed by atoms with E-state index in [4.69, 9.17) is 0 Å². The van der Waals surface area contributed by atoms with Gasteiger partial charge in [-0.2, -0.15) is 11.8 Å². The molecule has 0 aromatic heterocycles. The molecule has 0 unspecified atom stereocenters. The average molecular weight is 251 g/mol. The van der Waals surface area contributed by atoms with Gasteiger partial charge in [0.05, 0.1) is 0 Å². The summed E-state index contributed by atoms with van der Waals surface area (Å²) in [6.45, 7) is 0. The predicted molar refractivity (Wildman–Crippen MR) is 71.4 cm³/mol. The summed E-state index contributed by atoms with van der Waals surface area (Å²) in [6.07, 6.45) is 2.87. The van der Waals surface area contributed by atoms with Crippen LogP contribution in [0, 0.1) is 5.92 Å². The number of phenolic OH excluding ortho intramolecular Hbond substituents is 1. The molecule has 1 aliphatic rings. The molecule has 1 aromatic carbocycles. The van der Waals surface area contributed by atoms with Gasteiger partial charge in [0, 0.05) is 18.2 Å². The summed E-state index contributed by atoms with van der Waals surface area (Å²) in [4.78, 5) is 11.8. The highest BCUT2D eigenvalue weighted by molar-refractivity contribution is 7.99. The molecule has 0 aliphatic carbocycles. The largest absolute Gasteiger partial charge is 0.508 e. The van der Waals surface area contributed by atoms with Crippen LogP contribution in [0.25, 0.3) is 0 Å². The Hall–Kier alpha value is -1.16. The van der Waals surface area contributed by atoms with Gasteiger partial charge >= 0.3 is 0 Å². The third-order valence-corrected chi connectivity index (χ3v) is 3.99. The van der Waals surface area contributed by atoms with Crippen molar-refractivity contribution in [1.29, 1.82) is 0 Å². The van der Waals surface area contributed by atoms with Crippen molar-refractivity contribution in [2.24, 2.45) is 5.92 Å². The fourth-order valence-electron chi connectivity index (χ4n) is 2.01. The van der Waals surface area contributed by atoms with Crippen LogP contribution in [-0.2, 0) is 4.79 Å². The highest BCUT2D eigenvalue weighted by atomic mass is 32.2. The first-order valence-corrected chi connectivity index (χ1v) is 7.06. The minimum absolute atomic E-state index is 0.0486. The molecule has 0 atom stereocenters. The number of rotatable bonds is 3.